The molecule has 204 valence electrons. The summed E-state index contributed by atoms with van der Waals surface area (Å²) < 4.78 is 0. The van der Waals surface area contributed by atoms with Crippen LogP contribution in [-0.2, 0) is 9.59 Å². The molecular weight excluding hydrogens is 488 g/mol. The molecule has 3 saturated heterocycles. The topological polar surface area (TPSA) is 73.0 Å². The van der Waals surface area contributed by atoms with Gasteiger partial charge in [0.05, 0.1) is 11.5 Å². The first-order valence-corrected chi connectivity index (χ1v) is 14.5. The molecule has 0 spiro atoms. The monoisotopic (exact) mass is 526 g/mol. The molecule has 7 heteroatoms. The lowest BCUT2D eigenvalue weighted by Crippen LogP contribution is -2.52. The van der Waals surface area contributed by atoms with Gasteiger partial charge in [-0.15, -0.1) is 0 Å². The van der Waals surface area contributed by atoms with Crippen molar-refractivity contribution < 1.29 is 14.4 Å². The second-order valence-electron chi connectivity index (χ2n) is 11.5. The zero-order chi connectivity index (χ0) is 26.9. The van der Waals surface area contributed by atoms with Crippen LogP contribution < -0.4 is 5.32 Å². The van der Waals surface area contributed by atoms with Gasteiger partial charge in [-0.3, -0.25) is 19.3 Å². The van der Waals surface area contributed by atoms with Gasteiger partial charge in [-0.2, -0.15) is 0 Å². The molecule has 7 nitrogen and oxygen atoms in total. The van der Waals surface area contributed by atoms with Crippen molar-refractivity contribution in [3.05, 3.63) is 60.2 Å². The Bertz CT molecular complexity index is 1340. The van der Waals surface area contributed by atoms with Crippen molar-refractivity contribution in [3.63, 3.8) is 0 Å². The fourth-order valence-corrected chi connectivity index (χ4v) is 7.00. The summed E-state index contributed by atoms with van der Waals surface area (Å²) in [6.07, 6.45) is 4.66. The number of hydrogen-bond donors (Lipinski definition) is 1. The maximum Gasteiger partial charge on any atom is 0.255 e. The predicted molar refractivity (Wildman–Crippen MR) is 153 cm³/mol. The van der Waals surface area contributed by atoms with E-state index in [-0.39, 0.29) is 29.7 Å². The largest absolute Gasteiger partial charge is 0.352 e. The average Bonchev–Trinajstić information content (AvgIpc) is 3.43. The van der Waals surface area contributed by atoms with E-state index in [2.05, 4.69) is 40.5 Å². The van der Waals surface area contributed by atoms with E-state index in [4.69, 9.17) is 0 Å². The van der Waals surface area contributed by atoms with Crippen molar-refractivity contribution in [1.29, 1.82) is 0 Å². The van der Waals surface area contributed by atoms with Gasteiger partial charge < -0.3 is 15.1 Å². The van der Waals surface area contributed by atoms with Gasteiger partial charge in [-0.1, -0.05) is 48.5 Å². The van der Waals surface area contributed by atoms with Crippen molar-refractivity contribution in [2.24, 2.45) is 5.92 Å². The van der Waals surface area contributed by atoms with E-state index in [1.165, 1.54) is 6.92 Å². The Hall–Kier alpha value is -3.45. The van der Waals surface area contributed by atoms with Gasteiger partial charge in [0.25, 0.3) is 5.91 Å². The number of nitrogens with zero attached hydrogens (tertiary/aromatic N) is 3. The molecule has 0 aliphatic carbocycles. The number of hydrogen-bond acceptors (Lipinski definition) is 4. The van der Waals surface area contributed by atoms with Crippen LogP contribution in [0.2, 0.25) is 0 Å². The molecule has 2 unspecified atom stereocenters. The number of piperidine rings is 2. The Morgan fingerprint density at radius 1 is 0.769 bits per heavy atom. The van der Waals surface area contributed by atoms with Gasteiger partial charge in [0.1, 0.15) is 0 Å². The highest BCUT2D eigenvalue weighted by atomic mass is 16.2. The van der Waals surface area contributed by atoms with Crippen molar-refractivity contribution in [2.45, 2.75) is 51.1 Å². The van der Waals surface area contributed by atoms with Crippen molar-refractivity contribution in [2.75, 3.05) is 39.3 Å². The number of likely N-dealkylation sites (tertiary alicyclic amines) is 3. The molecule has 0 radical (unpaired) electrons. The van der Waals surface area contributed by atoms with Crippen LogP contribution in [0.15, 0.2) is 54.6 Å². The van der Waals surface area contributed by atoms with Gasteiger partial charge in [0, 0.05) is 51.7 Å². The van der Waals surface area contributed by atoms with E-state index >= 15 is 0 Å². The molecule has 3 aromatic carbocycles. The lowest BCUT2D eigenvalue weighted by Gasteiger charge is -2.42. The van der Waals surface area contributed by atoms with E-state index in [9.17, 15) is 14.4 Å². The molecular formula is C32H38N4O3. The molecule has 6 rings (SSSR count). The predicted octanol–water partition coefficient (Wildman–Crippen LogP) is 4.05. The first kappa shape index (κ1) is 25.8. The molecule has 3 aliphatic rings. The van der Waals surface area contributed by atoms with Crippen LogP contribution in [0, 0.1) is 5.92 Å². The van der Waals surface area contributed by atoms with Crippen LogP contribution in [0.25, 0.3) is 21.5 Å². The minimum absolute atomic E-state index is 0.0246. The molecule has 39 heavy (non-hydrogen) atoms. The van der Waals surface area contributed by atoms with Gasteiger partial charge in [-0.05, 0) is 66.3 Å². The lowest BCUT2D eigenvalue weighted by molar-refractivity contribution is -0.137. The van der Waals surface area contributed by atoms with E-state index < -0.39 is 0 Å². The first-order chi connectivity index (χ1) is 19.0. The highest BCUT2D eigenvalue weighted by Crippen LogP contribution is 2.31. The molecule has 2 atom stereocenters. The van der Waals surface area contributed by atoms with Gasteiger partial charge in [0.2, 0.25) is 11.8 Å². The van der Waals surface area contributed by atoms with Crippen LogP contribution in [0.3, 0.4) is 0 Å². The Morgan fingerprint density at radius 2 is 1.41 bits per heavy atom. The van der Waals surface area contributed by atoms with Crippen LogP contribution in [0.4, 0.5) is 0 Å². The lowest BCUT2D eigenvalue weighted by atomic mass is 9.92. The maximum atomic E-state index is 13.9. The summed E-state index contributed by atoms with van der Waals surface area (Å²) in [5.41, 5.74) is 0.814. The van der Waals surface area contributed by atoms with Crippen molar-refractivity contribution >= 4 is 39.3 Å². The molecule has 1 N–H and O–H groups in total. The fraction of sp³-hybridized carbons (Fsp3) is 0.469. The molecule has 3 heterocycles. The Labute approximate surface area is 230 Å². The van der Waals surface area contributed by atoms with Gasteiger partial charge in [0.15, 0.2) is 0 Å². The third kappa shape index (κ3) is 5.24. The van der Waals surface area contributed by atoms with Crippen LogP contribution in [-0.4, -0.2) is 83.8 Å². The molecule has 3 aliphatic heterocycles. The van der Waals surface area contributed by atoms with Crippen LogP contribution in [0.1, 0.15) is 49.4 Å². The molecule has 0 aromatic heterocycles. The minimum atomic E-state index is -0.0309. The second kappa shape index (κ2) is 11.0. The summed E-state index contributed by atoms with van der Waals surface area (Å²) in [6.45, 7) is 6.17. The summed E-state index contributed by atoms with van der Waals surface area (Å²) in [5.74, 6) is 0.354. The van der Waals surface area contributed by atoms with Crippen LogP contribution >= 0.6 is 0 Å². The molecule has 3 amide bonds. The fourth-order valence-electron chi connectivity index (χ4n) is 7.00. The number of carbonyl (C=O) groups is 3. The standard InChI is InChI=1S/C32H38N4O3/c1-22(37)33-26-12-16-36(21-26)31(38)25-9-6-15-35(20-25)27-13-17-34(18-14-27)32(39)30-28-10-4-2-7-23(28)19-24-8-3-5-11-29(24)30/h2-5,7-8,10-11,19,25-27H,6,9,12-18,20-21H2,1H3,(H,33,37). The third-order valence-electron chi connectivity index (χ3n) is 8.96. The third-order valence-corrected chi connectivity index (χ3v) is 8.96. The Kier molecular flexibility index (Phi) is 7.26. The summed E-state index contributed by atoms with van der Waals surface area (Å²) in [4.78, 5) is 45.1. The van der Waals surface area contributed by atoms with Crippen molar-refractivity contribution in [1.82, 2.24) is 20.0 Å². The van der Waals surface area contributed by atoms with E-state index in [0.717, 1.165) is 91.9 Å². The van der Waals surface area contributed by atoms with Crippen molar-refractivity contribution in [3.8, 4) is 0 Å². The Morgan fingerprint density at radius 3 is 2.08 bits per heavy atom. The minimum Gasteiger partial charge on any atom is -0.352 e. The zero-order valence-electron chi connectivity index (χ0n) is 22.8. The highest BCUT2D eigenvalue weighted by Gasteiger charge is 2.36. The zero-order valence-corrected chi connectivity index (χ0v) is 22.8. The summed E-state index contributed by atoms with van der Waals surface area (Å²) in [7, 11) is 0. The second-order valence-corrected chi connectivity index (χ2v) is 11.5. The molecule has 0 saturated carbocycles. The maximum absolute atomic E-state index is 13.9. The summed E-state index contributed by atoms with van der Waals surface area (Å²) >= 11 is 0. The number of carbonyl (C=O) groups excluding carboxylic acids is 3. The number of rotatable bonds is 4. The molecule has 0 bridgehead atoms. The number of amides is 3. The number of benzene rings is 3. The van der Waals surface area contributed by atoms with E-state index in [1.54, 1.807) is 0 Å². The summed E-state index contributed by atoms with van der Waals surface area (Å²) in [6, 6.07) is 19.0. The Balaban J connectivity index is 1.10. The van der Waals surface area contributed by atoms with Gasteiger partial charge in [-0.25, -0.2) is 0 Å². The summed E-state index contributed by atoms with van der Waals surface area (Å²) in [5, 5.41) is 7.19. The van der Waals surface area contributed by atoms with Crippen LogP contribution in [0.5, 0.6) is 0 Å². The highest BCUT2D eigenvalue weighted by molar-refractivity contribution is 6.18. The quantitative estimate of drug-likeness (QED) is 0.521. The normalized spacial score (nSPS) is 22.9. The molecule has 3 fully saturated rings. The smallest absolute Gasteiger partial charge is 0.255 e. The first-order valence-electron chi connectivity index (χ1n) is 14.5. The van der Waals surface area contributed by atoms with E-state index in [1.807, 2.05) is 34.1 Å². The molecule has 3 aromatic rings. The average molecular weight is 527 g/mol. The van der Waals surface area contributed by atoms with E-state index in [0.29, 0.717) is 12.6 Å². The number of fused-ring (bicyclic) bond motifs is 2. The SMILES string of the molecule is CC(=O)NC1CCN(C(=O)C2CCCN(C3CCN(C(=O)c4c5ccccc5cc5ccccc45)CC3)C2)C1. The number of nitrogens with one attached hydrogen (secondary N) is 1. The van der Waals surface area contributed by atoms with Gasteiger partial charge >= 0.3 is 0 Å².